The molecule has 0 aromatic heterocycles. The molecule has 0 aromatic rings. The third-order valence-corrected chi connectivity index (χ3v) is 1.25. The van der Waals surface area contributed by atoms with E-state index in [0.29, 0.717) is 13.0 Å². The number of hydrogen-bond acceptors (Lipinski definition) is 3. The highest BCUT2D eigenvalue weighted by atomic mass is 16.5. The first-order chi connectivity index (χ1) is 5.31. The zero-order chi connectivity index (χ0) is 8.53. The van der Waals surface area contributed by atoms with E-state index in [2.05, 4.69) is 4.74 Å². The zero-order valence-electron chi connectivity index (χ0n) is 7.26. The first-order valence-electron chi connectivity index (χ1n) is 3.89. The van der Waals surface area contributed by atoms with Gasteiger partial charge in [-0.15, -0.1) is 0 Å². The molecule has 66 valence electrons. The van der Waals surface area contributed by atoms with Gasteiger partial charge in [0, 0.05) is 26.7 Å². The Balaban J connectivity index is 3.04. The van der Waals surface area contributed by atoms with Crippen molar-refractivity contribution in [2.75, 3.05) is 26.9 Å². The zero-order valence-corrected chi connectivity index (χ0v) is 7.26. The second-order valence-electron chi connectivity index (χ2n) is 2.27. The van der Waals surface area contributed by atoms with Gasteiger partial charge in [0.15, 0.2) is 5.78 Å². The molecule has 11 heavy (non-hydrogen) atoms. The fraction of sp³-hybridized carbons (Fsp3) is 0.875. The van der Waals surface area contributed by atoms with Crippen molar-refractivity contribution in [2.24, 2.45) is 0 Å². The largest absolute Gasteiger partial charge is 0.382 e. The molecular weight excluding hydrogens is 144 g/mol. The Morgan fingerprint density at radius 2 is 2.18 bits per heavy atom. The normalized spacial score (nSPS) is 10.0. The average Bonchev–Trinajstić information content (AvgIpc) is 1.99. The number of ketones is 1. The standard InChI is InChI=1S/C8H16O3/c1-3-11-6-4-5-8(9)7-10-2/h3-7H2,1-2H3. The molecule has 0 aliphatic heterocycles. The van der Waals surface area contributed by atoms with Crippen LogP contribution in [0.1, 0.15) is 19.8 Å². The molecule has 0 atom stereocenters. The molecule has 0 aliphatic rings. The minimum absolute atomic E-state index is 0.146. The van der Waals surface area contributed by atoms with Gasteiger partial charge in [-0.1, -0.05) is 0 Å². The van der Waals surface area contributed by atoms with Gasteiger partial charge < -0.3 is 9.47 Å². The fourth-order valence-corrected chi connectivity index (χ4v) is 0.749. The van der Waals surface area contributed by atoms with Crippen molar-refractivity contribution in [3.63, 3.8) is 0 Å². The Hall–Kier alpha value is -0.410. The number of rotatable bonds is 7. The Morgan fingerprint density at radius 1 is 1.45 bits per heavy atom. The molecule has 0 unspecified atom stereocenters. The summed E-state index contributed by atoms with van der Waals surface area (Å²) in [5.74, 6) is 0.146. The maximum absolute atomic E-state index is 10.8. The molecule has 0 saturated carbocycles. The highest BCUT2D eigenvalue weighted by Gasteiger charge is 1.99. The van der Waals surface area contributed by atoms with Crippen LogP contribution in [0.2, 0.25) is 0 Å². The number of carbonyl (C=O) groups is 1. The lowest BCUT2D eigenvalue weighted by molar-refractivity contribution is -0.122. The molecule has 0 aromatic carbocycles. The summed E-state index contributed by atoms with van der Waals surface area (Å²) in [5.41, 5.74) is 0. The Labute approximate surface area is 67.7 Å². The van der Waals surface area contributed by atoms with Crippen LogP contribution < -0.4 is 0 Å². The monoisotopic (exact) mass is 160 g/mol. The number of methoxy groups -OCH3 is 1. The maximum Gasteiger partial charge on any atom is 0.158 e. The van der Waals surface area contributed by atoms with Gasteiger partial charge in [0.2, 0.25) is 0 Å². The number of hydrogen-bond donors (Lipinski definition) is 0. The van der Waals surface area contributed by atoms with E-state index in [9.17, 15) is 4.79 Å². The summed E-state index contributed by atoms with van der Waals surface area (Å²) in [7, 11) is 1.53. The van der Waals surface area contributed by atoms with E-state index in [1.807, 2.05) is 6.92 Å². The molecular formula is C8H16O3. The van der Waals surface area contributed by atoms with E-state index < -0.39 is 0 Å². The van der Waals surface area contributed by atoms with Crippen LogP contribution in [-0.2, 0) is 14.3 Å². The minimum atomic E-state index is 0.146. The van der Waals surface area contributed by atoms with Crippen molar-refractivity contribution < 1.29 is 14.3 Å². The quantitative estimate of drug-likeness (QED) is 0.521. The molecule has 0 spiro atoms. The van der Waals surface area contributed by atoms with E-state index in [0.717, 1.165) is 13.0 Å². The Morgan fingerprint density at radius 3 is 2.73 bits per heavy atom. The van der Waals surface area contributed by atoms with Crippen molar-refractivity contribution in [2.45, 2.75) is 19.8 Å². The topological polar surface area (TPSA) is 35.5 Å². The molecule has 0 bridgehead atoms. The van der Waals surface area contributed by atoms with Gasteiger partial charge in [-0.25, -0.2) is 0 Å². The summed E-state index contributed by atoms with van der Waals surface area (Å²) in [4.78, 5) is 10.8. The highest BCUT2D eigenvalue weighted by molar-refractivity contribution is 5.79. The van der Waals surface area contributed by atoms with Gasteiger partial charge in [-0.2, -0.15) is 0 Å². The molecule has 0 radical (unpaired) electrons. The van der Waals surface area contributed by atoms with E-state index in [-0.39, 0.29) is 12.4 Å². The van der Waals surface area contributed by atoms with E-state index in [1.165, 1.54) is 7.11 Å². The molecule has 0 amide bonds. The summed E-state index contributed by atoms with van der Waals surface area (Å²) >= 11 is 0. The molecule has 3 heteroatoms. The lowest BCUT2D eigenvalue weighted by Crippen LogP contribution is -2.07. The van der Waals surface area contributed by atoms with Crippen LogP contribution >= 0.6 is 0 Å². The molecule has 3 nitrogen and oxygen atoms in total. The second-order valence-corrected chi connectivity index (χ2v) is 2.27. The third kappa shape index (κ3) is 7.49. The van der Waals surface area contributed by atoms with Crippen molar-refractivity contribution >= 4 is 5.78 Å². The number of carbonyl (C=O) groups excluding carboxylic acids is 1. The predicted molar refractivity (Wildman–Crippen MR) is 42.6 cm³/mol. The van der Waals surface area contributed by atoms with Crippen LogP contribution in [0.5, 0.6) is 0 Å². The van der Waals surface area contributed by atoms with E-state index in [1.54, 1.807) is 0 Å². The molecule has 0 saturated heterocycles. The van der Waals surface area contributed by atoms with E-state index >= 15 is 0 Å². The molecule has 0 aliphatic carbocycles. The van der Waals surface area contributed by atoms with Crippen LogP contribution in [0.25, 0.3) is 0 Å². The summed E-state index contributed by atoms with van der Waals surface area (Å²) in [6, 6.07) is 0. The van der Waals surface area contributed by atoms with Crippen molar-refractivity contribution in [1.82, 2.24) is 0 Å². The summed E-state index contributed by atoms with van der Waals surface area (Å²) in [6.45, 7) is 3.56. The maximum atomic E-state index is 10.8. The number of ether oxygens (including phenoxy) is 2. The molecule has 0 heterocycles. The summed E-state index contributed by atoms with van der Waals surface area (Å²) in [6.07, 6.45) is 1.36. The summed E-state index contributed by atoms with van der Waals surface area (Å²) < 4.78 is 9.74. The van der Waals surface area contributed by atoms with Crippen LogP contribution in [0.15, 0.2) is 0 Å². The fourth-order valence-electron chi connectivity index (χ4n) is 0.749. The Bertz CT molecular complexity index is 102. The SMILES string of the molecule is CCOCCCC(=O)COC. The third-order valence-electron chi connectivity index (χ3n) is 1.25. The number of Topliss-reactive ketones (excluding diaryl/α,β-unsaturated/α-hetero) is 1. The smallest absolute Gasteiger partial charge is 0.158 e. The lowest BCUT2D eigenvalue weighted by atomic mass is 10.2. The average molecular weight is 160 g/mol. The van der Waals surface area contributed by atoms with Gasteiger partial charge in [0.1, 0.15) is 6.61 Å². The van der Waals surface area contributed by atoms with Crippen LogP contribution in [-0.4, -0.2) is 32.7 Å². The first kappa shape index (κ1) is 10.6. The summed E-state index contributed by atoms with van der Waals surface area (Å²) in [5, 5.41) is 0. The van der Waals surface area contributed by atoms with Crippen LogP contribution in [0, 0.1) is 0 Å². The van der Waals surface area contributed by atoms with Crippen molar-refractivity contribution in [3.8, 4) is 0 Å². The van der Waals surface area contributed by atoms with Gasteiger partial charge in [0.05, 0.1) is 0 Å². The predicted octanol–water partition coefficient (Wildman–Crippen LogP) is 1.02. The van der Waals surface area contributed by atoms with Gasteiger partial charge in [0.25, 0.3) is 0 Å². The van der Waals surface area contributed by atoms with Gasteiger partial charge in [-0.05, 0) is 13.3 Å². The molecule has 0 fully saturated rings. The van der Waals surface area contributed by atoms with Gasteiger partial charge in [-0.3, -0.25) is 4.79 Å². The lowest BCUT2D eigenvalue weighted by Gasteiger charge is -1.99. The van der Waals surface area contributed by atoms with Crippen molar-refractivity contribution in [3.05, 3.63) is 0 Å². The second kappa shape index (κ2) is 7.69. The highest BCUT2D eigenvalue weighted by Crippen LogP contribution is 1.92. The molecule has 0 N–H and O–H groups in total. The van der Waals surface area contributed by atoms with Crippen molar-refractivity contribution in [1.29, 1.82) is 0 Å². The first-order valence-corrected chi connectivity index (χ1v) is 3.89. The van der Waals surface area contributed by atoms with E-state index in [4.69, 9.17) is 4.74 Å². The van der Waals surface area contributed by atoms with Crippen LogP contribution in [0.4, 0.5) is 0 Å². The minimum Gasteiger partial charge on any atom is -0.382 e. The van der Waals surface area contributed by atoms with Crippen LogP contribution in [0.3, 0.4) is 0 Å². The van der Waals surface area contributed by atoms with Gasteiger partial charge >= 0.3 is 0 Å². The molecule has 0 rings (SSSR count). The Kier molecular flexibility index (Phi) is 7.41.